The van der Waals surface area contributed by atoms with Gasteiger partial charge in [-0.05, 0) is 6.08 Å². The number of aromatic nitrogens is 1. The summed E-state index contributed by atoms with van der Waals surface area (Å²) in [5.74, 6) is 0. The van der Waals surface area contributed by atoms with Gasteiger partial charge in [0.1, 0.15) is 0 Å². The minimum atomic E-state index is 0. The van der Waals surface area contributed by atoms with Crippen molar-refractivity contribution in [1.82, 2.24) is 0 Å². The molecule has 0 amide bonds. The van der Waals surface area contributed by atoms with Crippen molar-refractivity contribution in [2.45, 2.75) is 6.54 Å². The van der Waals surface area contributed by atoms with E-state index in [1.807, 2.05) is 36.7 Å². The van der Waals surface area contributed by atoms with Gasteiger partial charge in [-0.2, -0.15) is 0 Å². The Morgan fingerprint density at radius 1 is 1.18 bits per heavy atom. The first-order valence-electron chi connectivity index (χ1n) is 2.98. The molecular weight excluding hydrogens is 169 g/mol. The molecule has 0 aliphatic heterocycles. The summed E-state index contributed by atoms with van der Waals surface area (Å²) >= 11 is 0. The van der Waals surface area contributed by atoms with Crippen LogP contribution in [0.5, 0.6) is 0 Å². The third-order valence-electron chi connectivity index (χ3n) is 1.12. The summed E-state index contributed by atoms with van der Waals surface area (Å²) in [6, 6.07) is 6.01. The van der Waals surface area contributed by atoms with Gasteiger partial charge in [-0.25, -0.2) is 4.57 Å². The van der Waals surface area contributed by atoms with Crippen LogP contribution in [0.2, 0.25) is 0 Å². The molecule has 0 saturated carbocycles. The minimum Gasteiger partial charge on any atom is -1.00 e. The molecule has 1 nitrogen and oxygen atoms in total. The number of rotatable bonds is 2. The maximum absolute atomic E-state index is 3.64. The van der Waals surface area contributed by atoms with Crippen molar-refractivity contribution < 1.29 is 17.0 Å². The van der Waals surface area contributed by atoms with Crippen molar-refractivity contribution in [3.05, 3.63) is 43.2 Å². The van der Waals surface area contributed by atoms with Gasteiger partial charge in [0, 0.05) is 41.7 Å². The van der Waals surface area contributed by atoms with E-state index in [2.05, 4.69) is 11.1 Å². The molecule has 0 atom stereocenters. The van der Waals surface area contributed by atoms with E-state index in [0.29, 0.717) is 0 Å². The first-order chi connectivity index (χ1) is 4.43. The van der Waals surface area contributed by atoms with Crippen LogP contribution < -0.4 is 17.0 Å². The van der Waals surface area contributed by atoms with Gasteiger partial charge in [0.05, 0.1) is 0 Å². The third-order valence-corrected chi connectivity index (χ3v) is 1.12. The van der Waals surface area contributed by atoms with E-state index in [0.717, 1.165) is 6.54 Å². The van der Waals surface area contributed by atoms with Crippen LogP contribution in [0.25, 0.3) is 0 Å². The van der Waals surface area contributed by atoms with E-state index in [-0.39, 0.29) is 42.0 Å². The van der Waals surface area contributed by atoms with Crippen LogP contribution in [0.15, 0.2) is 43.2 Å². The van der Waals surface area contributed by atoms with Gasteiger partial charge in [-0.3, -0.25) is 0 Å². The predicted molar refractivity (Wildman–Crippen MR) is 42.6 cm³/mol. The van der Waals surface area contributed by atoms with Gasteiger partial charge in [-0.15, -0.1) is 0 Å². The van der Waals surface area contributed by atoms with Crippen molar-refractivity contribution in [3.8, 4) is 0 Å². The molecule has 0 bridgehead atoms. The molecule has 1 radical (unpaired) electrons. The molecule has 3 heteroatoms. The summed E-state index contributed by atoms with van der Waals surface area (Å²) in [5, 5.41) is 0. The van der Waals surface area contributed by atoms with Crippen LogP contribution in [0, 0.1) is 0 Å². The summed E-state index contributed by atoms with van der Waals surface area (Å²) < 4.78 is 2.06. The van der Waals surface area contributed by atoms with E-state index in [9.17, 15) is 0 Å². The average molecular weight is 179 g/mol. The molecule has 1 aromatic heterocycles. The molecule has 1 rings (SSSR count). The Bertz CT molecular complexity index is 189. The maximum atomic E-state index is 3.64. The number of nitrogens with zero attached hydrogens (tertiary/aromatic N) is 1. The van der Waals surface area contributed by atoms with Crippen molar-refractivity contribution >= 4 is 29.6 Å². The van der Waals surface area contributed by atoms with Crippen LogP contribution in [-0.4, -0.2) is 29.6 Å². The summed E-state index contributed by atoms with van der Waals surface area (Å²) in [6.45, 7) is 4.52. The predicted octanol–water partition coefficient (Wildman–Crippen LogP) is -2.22. The van der Waals surface area contributed by atoms with Crippen molar-refractivity contribution in [3.63, 3.8) is 0 Å². The number of pyridine rings is 1. The van der Waals surface area contributed by atoms with Gasteiger partial charge in [0.25, 0.3) is 0 Å². The van der Waals surface area contributed by atoms with Gasteiger partial charge in [-0.1, -0.05) is 12.6 Å². The summed E-state index contributed by atoms with van der Waals surface area (Å²) in [5.41, 5.74) is 0. The van der Waals surface area contributed by atoms with E-state index in [1.54, 1.807) is 0 Å². The van der Waals surface area contributed by atoms with Crippen LogP contribution in [0.3, 0.4) is 0 Å². The smallest absolute Gasteiger partial charge is 0.169 e. The molecule has 0 fully saturated rings. The molecule has 0 N–H and O–H groups in total. The number of hydrogen-bond acceptors (Lipinski definition) is 0. The standard InChI is InChI=1S/C8H10N.ClH.Na/c1-2-6-9-7-4-3-5-8-9;;/h2-5,7-8H,1,6H2;1H;/q+1;;/p-1. The van der Waals surface area contributed by atoms with Gasteiger partial charge in [0.2, 0.25) is 0 Å². The molecule has 0 spiro atoms. The second kappa shape index (κ2) is 8.28. The van der Waals surface area contributed by atoms with Crippen molar-refractivity contribution in [2.75, 3.05) is 0 Å². The van der Waals surface area contributed by atoms with Gasteiger partial charge in [0.15, 0.2) is 18.9 Å². The normalized spacial score (nSPS) is 7.27. The number of hydrogen-bond donors (Lipinski definition) is 0. The molecular formula is C8H10ClNNa. The topological polar surface area (TPSA) is 3.88 Å². The Balaban J connectivity index is 0. The zero-order chi connectivity index (χ0) is 6.53. The zero-order valence-corrected chi connectivity index (χ0v) is 9.46. The fraction of sp³-hybridized carbons (Fsp3) is 0.125. The van der Waals surface area contributed by atoms with Crippen LogP contribution in [-0.2, 0) is 6.54 Å². The fourth-order valence-corrected chi connectivity index (χ4v) is 0.705. The fourth-order valence-electron chi connectivity index (χ4n) is 0.705. The van der Waals surface area contributed by atoms with Crippen molar-refractivity contribution in [1.29, 1.82) is 0 Å². The van der Waals surface area contributed by atoms with E-state index >= 15 is 0 Å². The minimum absolute atomic E-state index is 0. The number of allylic oxidation sites excluding steroid dienone is 1. The van der Waals surface area contributed by atoms with E-state index < -0.39 is 0 Å². The molecule has 1 aromatic rings. The van der Waals surface area contributed by atoms with Gasteiger partial charge >= 0.3 is 0 Å². The zero-order valence-electron chi connectivity index (χ0n) is 6.70. The van der Waals surface area contributed by atoms with Crippen LogP contribution in [0.4, 0.5) is 0 Å². The Morgan fingerprint density at radius 2 is 1.73 bits per heavy atom. The monoisotopic (exact) mass is 178 g/mol. The van der Waals surface area contributed by atoms with E-state index in [4.69, 9.17) is 0 Å². The summed E-state index contributed by atoms with van der Waals surface area (Å²) in [7, 11) is 0. The van der Waals surface area contributed by atoms with E-state index in [1.165, 1.54) is 0 Å². The Kier molecular flexibility index (Phi) is 10.3. The Labute approximate surface area is 95.8 Å². The molecule has 1 heterocycles. The second-order valence-corrected chi connectivity index (χ2v) is 1.86. The van der Waals surface area contributed by atoms with Crippen molar-refractivity contribution in [2.24, 2.45) is 0 Å². The van der Waals surface area contributed by atoms with Crippen LogP contribution >= 0.6 is 0 Å². The first-order valence-corrected chi connectivity index (χ1v) is 2.98. The summed E-state index contributed by atoms with van der Waals surface area (Å²) in [4.78, 5) is 0. The molecule has 0 aliphatic rings. The largest absolute Gasteiger partial charge is 1.00 e. The second-order valence-electron chi connectivity index (χ2n) is 1.86. The number of halogens is 1. The SMILES string of the molecule is C=CC[n+]1ccccc1.[Cl-].[Na]. The van der Waals surface area contributed by atoms with Crippen LogP contribution in [0.1, 0.15) is 0 Å². The average Bonchev–Trinajstić information content (AvgIpc) is 1.91. The molecule has 55 valence electrons. The van der Waals surface area contributed by atoms with Gasteiger partial charge < -0.3 is 12.4 Å². The quantitative estimate of drug-likeness (QED) is 0.275. The molecule has 0 saturated heterocycles. The molecule has 0 unspecified atom stereocenters. The first kappa shape index (κ1) is 13.7. The maximum Gasteiger partial charge on any atom is 0.169 e. The Hall–Kier alpha value is 0.180. The molecule has 0 aromatic carbocycles. The Morgan fingerprint density at radius 3 is 2.18 bits per heavy atom. The summed E-state index contributed by atoms with van der Waals surface area (Å²) in [6.07, 6.45) is 5.91. The third kappa shape index (κ3) is 5.45. The molecule has 0 aliphatic carbocycles. The molecule has 11 heavy (non-hydrogen) atoms.